The third-order valence-corrected chi connectivity index (χ3v) is 4.52. The Morgan fingerprint density at radius 3 is 1.75 bits per heavy atom. The molecule has 0 rings (SSSR count). The molecule has 0 aromatic rings. The van der Waals surface area contributed by atoms with Crippen LogP contribution in [0.3, 0.4) is 0 Å². The zero-order valence-corrected chi connectivity index (χ0v) is 18.6. The molecule has 0 bridgehead atoms. The molecule has 0 fully saturated rings. The van der Waals surface area contributed by atoms with Gasteiger partial charge in [0, 0.05) is 6.54 Å². The lowest BCUT2D eigenvalue weighted by Crippen LogP contribution is -2.50. The van der Waals surface area contributed by atoms with Crippen LogP contribution in [0.1, 0.15) is 105 Å². The monoisotopic (exact) mass is 400 g/mol. The minimum Gasteiger partial charge on any atom is -0.444 e. The van der Waals surface area contributed by atoms with Crippen LogP contribution in [-0.2, 0) is 9.53 Å². The Labute approximate surface area is 172 Å². The lowest BCUT2D eigenvalue weighted by atomic mass is 10.1. The van der Waals surface area contributed by atoms with Gasteiger partial charge >= 0.3 is 6.09 Å². The van der Waals surface area contributed by atoms with Gasteiger partial charge in [-0.1, -0.05) is 77.6 Å². The molecule has 0 aromatic carbocycles. The molecule has 6 heteroatoms. The maximum absolute atomic E-state index is 12.0. The number of hydrogen-bond donors (Lipinski definition) is 3. The predicted molar refractivity (Wildman–Crippen MR) is 114 cm³/mol. The third-order valence-electron chi connectivity index (χ3n) is 4.52. The summed E-state index contributed by atoms with van der Waals surface area (Å²) >= 11 is 0. The number of ether oxygens (including phenoxy) is 1. The summed E-state index contributed by atoms with van der Waals surface area (Å²) in [4.78, 5) is 23.7. The maximum Gasteiger partial charge on any atom is 0.408 e. The van der Waals surface area contributed by atoms with Crippen molar-refractivity contribution in [1.29, 1.82) is 0 Å². The summed E-state index contributed by atoms with van der Waals surface area (Å²) in [5.41, 5.74) is -0.643. The fraction of sp³-hybridized carbons (Fsp3) is 0.909. The summed E-state index contributed by atoms with van der Waals surface area (Å²) in [6.45, 7) is 7.58. The van der Waals surface area contributed by atoms with Gasteiger partial charge < -0.3 is 20.5 Å². The summed E-state index contributed by atoms with van der Waals surface area (Å²) in [7, 11) is 0. The van der Waals surface area contributed by atoms with Gasteiger partial charge in [0.15, 0.2) is 0 Å². The number of alkyl carbamates (subject to hydrolysis) is 1. The van der Waals surface area contributed by atoms with E-state index in [1.807, 2.05) is 0 Å². The Morgan fingerprint density at radius 1 is 0.857 bits per heavy atom. The molecule has 0 aliphatic carbocycles. The SMILES string of the molecule is CCCCCCCCCCCCCCNC(=O)[C@@H](CO)NC(=O)OC(C)(C)C. The van der Waals surface area contributed by atoms with Crippen molar-refractivity contribution in [3.63, 3.8) is 0 Å². The van der Waals surface area contributed by atoms with E-state index in [2.05, 4.69) is 17.6 Å². The van der Waals surface area contributed by atoms with Gasteiger partial charge in [0.1, 0.15) is 11.6 Å². The van der Waals surface area contributed by atoms with E-state index in [1.54, 1.807) is 20.8 Å². The minimum absolute atomic E-state index is 0.378. The number of amides is 2. The topological polar surface area (TPSA) is 87.7 Å². The van der Waals surface area contributed by atoms with Gasteiger partial charge in [0.2, 0.25) is 5.91 Å². The third kappa shape index (κ3) is 16.8. The highest BCUT2D eigenvalue weighted by atomic mass is 16.6. The lowest BCUT2D eigenvalue weighted by Gasteiger charge is -2.22. The lowest BCUT2D eigenvalue weighted by molar-refractivity contribution is -0.124. The van der Waals surface area contributed by atoms with Crippen molar-refractivity contribution in [2.45, 2.75) is 116 Å². The van der Waals surface area contributed by atoms with Crippen LogP contribution in [-0.4, -0.2) is 41.9 Å². The van der Waals surface area contributed by atoms with Crippen LogP contribution >= 0.6 is 0 Å². The summed E-state index contributed by atoms with van der Waals surface area (Å²) in [6, 6.07) is -0.979. The molecule has 0 unspecified atom stereocenters. The number of rotatable bonds is 16. The van der Waals surface area contributed by atoms with Crippen molar-refractivity contribution < 1.29 is 19.4 Å². The van der Waals surface area contributed by atoms with E-state index in [4.69, 9.17) is 4.74 Å². The normalized spacial score (nSPS) is 12.5. The first-order valence-electron chi connectivity index (χ1n) is 11.2. The molecule has 3 N–H and O–H groups in total. The van der Waals surface area contributed by atoms with E-state index in [0.717, 1.165) is 12.8 Å². The van der Waals surface area contributed by atoms with Crippen LogP contribution in [0.25, 0.3) is 0 Å². The number of carbonyl (C=O) groups is 2. The Kier molecular flexibility index (Phi) is 15.9. The Bertz CT molecular complexity index is 408. The minimum atomic E-state index is -0.979. The van der Waals surface area contributed by atoms with E-state index in [9.17, 15) is 14.7 Å². The van der Waals surface area contributed by atoms with Crippen molar-refractivity contribution in [2.24, 2.45) is 0 Å². The average molecular weight is 401 g/mol. The van der Waals surface area contributed by atoms with Crippen LogP contribution in [0, 0.1) is 0 Å². The van der Waals surface area contributed by atoms with Crippen LogP contribution in [0.2, 0.25) is 0 Å². The van der Waals surface area contributed by atoms with Gasteiger partial charge in [-0.25, -0.2) is 4.79 Å². The number of aliphatic hydroxyl groups is 1. The molecule has 0 spiro atoms. The Hall–Kier alpha value is -1.30. The second kappa shape index (κ2) is 16.6. The highest BCUT2D eigenvalue weighted by molar-refractivity contribution is 5.85. The van der Waals surface area contributed by atoms with Crippen LogP contribution in [0.15, 0.2) is 0 Å². The second-order valence-corrected chi connectivity index (χ2v) is 8.56. The van der Waals surface area contributed by atoms with Crippen LogP contribution < -0.4 is 10.6 Å². The van der Waals surface area contributed by atoms with Crippen LogP contribution in [0.5, 0.6) is 0 Å². The molecule has 0 saturated heterocycles. The first kappa shape index (κ1) is 26.7. The second-order valence-electron chi connectivity index (χ2n) is 8.56. The predicted octanol–water partition coefficient (Wildman–Crippen LogP) is 4.69. The zero-order valence-electron chi connectivity index (χ0n) is 18.6. The quantitative estimate of drug-likeness (QED) is 0.328. The van der Waals surface area contributed by atoms with Gasteiger partial charge in [-0.2, -0.15) is 0 Å². The average Bonchev–Trinajstić information content (AvgIpc) is 2.61. The molecule has 28 heavy (non-hydrogen) atoms. The fourth-order valence-corrected chi connectivity index (χ4v) is 2.94. The van der Waals surface area contributed by atoms with Gasteiger partial charge in [-0.15, -0.1) is 0 Å². The first-order chi connectivity index (χ1) is 13.3. The number of unbranched alkanes of at least 4 members (excludes halogenated alkanes) is 11. The molecule has 166 valence electrons. The largest absolute Gasteiger partial charge is 0.444 e. The number of carbonyl (C=O) groups excluding carboxylic acids is 2. The van der Waals surface area contributed by atoms with E-state index < -0.39 is 24.3 Å². The number of aliphatic hydroxyl groups excluding tert-OH is 1. The molecule has 0 saturated carbocycles. The molecule has 6 nitrogen and oxygen atoms in total. The smallest absolute Gasteiger partial charge is 0.408 e. The van der Waals surface area contributed by atoms with E-state index in [0.29, 0.717) is 6.54 Å². The summed E-state index contributed by atoms with van der Waals surface area (Å²) in [6.07, 6.45) is 14.5. The van der Waals surface area contributed by atoms with Gasteiger partial charge in [-0.05, 0) is 27.2 Å². The molecule has 0 aliphatic rings. The molecule has 0 aromatic heterocycles. The summed E-state index contributed by atoms with van der Waals surface area (Å²) in [5, 5.41) is 14.5. The van der Waals surface area contributed by atoms with Crippen molar-refractivity contribution in [1.82, 2.24) is 10.6 Å². The number of hydrogen-bond acceptors (Lipinski definition) is 4. The summed E-state index contributed by atoms with van der Waals surface area (Å²) < 4.78 is 5.10. The molecular weight excluding hydrogens is 356 g/mol. The highest BCUT2D eigenvalue weighted by Gasteiger charge is 2.23. The highest BCUT2D eigenvalue weighted by Crippen LogP contribution is 2.11. The van der Waals surface area contributed by atoms with E-state index in [1.165, 1.54) is 64.2 Å². The Morgan fingerprint density at radius 2 is 1.32 bits per heavy atom. The van der Waals surface area contributed by atoms with Gasteiger partial charge in [0.25, 0.3) is 0 Å². The molecule has 0 radical (unpaired) electrons. The first-order valence-corrected chi connectivity index (χ1v) is 11.2. The van der Waals surface area contributed by atoms with Crippen molar-refractivity contribution in [2.75, 3.05) is 13.2 Å². The molecular formula is C22H44N2O4. The van der Waals surface area contributed by atoms with Gasteiger partial charge in [-0.3, -0.25) is 4.79 Å². The van der Waals surface area contributed by atoms with Crippen molar-refractivity contribution >= 4 is 12.0 Å². The Balaban J connectivity index is 3.63. The van der Waals surface area contributed by atoms with Crippen molar-refractivity contribution in [3.8, 4) is 0 Å². The fourth-order valence-electron chi connectivity index (χ4n) is 2.94. The number of nitrogens with one attached hydrogen (secondary N) is 2. The molecule has 0 aliphatic heterocycles. The maximum atomic E-state index is 12.0. The van der Waals surface area contributed by atoms with Gasteiger partial charge in [0.05, 0.1) is 6.61 Å². The van der Waals surface area contributed by atoms with Crippen LogP contribution in [0.4, 0.5) is 4.79 Å². The zero-order chi connectivity index (χ0) is 21.3. The molecule has 1 atom stereocenters. The molecule has 0 heterocycles. The van der Waals surface area contributed by atoms with E-state index in [-0.39, 0.29) is 5.91 Å². The molecule has 2 amide bonds. The summed E-state index contributed by atoms with van der Waals surface area (Å²) in [5.74, 6) is -0.378. The standard InChI is InChI=1S/C22H44N2O4/c1-5-6-7-8-9-10-11-12-13-14-15-16-17-23-20(26)19(18-25)24-21(27)28-22(2,3)4/h19,25H,5-18H2,1-4H3,(H,23,26)(H,24,27)/t19-/m1/s1. The van der Waals surface area contributed by atoms with Crippen molar-refractivity contribution in [3.05, 3.63) is 0 Å². The van der Waals surface area contributed by atoms with E-state index >= 15 is 0 Å².